The Morgan fingerprint density at radius 2 is 2.07 bits per heavy atom. The smallest absolute Gasteiger partial charge is 0.220 e. The van der Waals surface area contributed by atoms with Gasteiger partial charge in [-0.05, 0) is 36.6 Å². The number of amides is 1. The molecule has 0 radical (unpaired) electrons. The SMILES string of the molecule is COc1ccc(CCNC(=O)CCc2csc(-c3cccnc3)n2)c(OC)c1. The number of nitrogens with one attached hydrogen (secondary N) is 1. The zero-order chi connectivity index (χ0) is 19.8. The van der Waals surface area contributed by atoms with Gasteiger partial charge in [-0.25, -0.2) is 4.98 Å². The van der Waals surface area contributed by atoms with Crippen molar-refractivity contribution in [1.82, 2.24) is 15.3 Å². The van der Waals surface area contributed by atoms with Crippen LogP contribution in [-0.2, 0) is 17.6 Å². The van der Waals surface area contributed by atoms with Gasteiger partial charge in [0.15, 0.2) is 0 Å². The minimum Gasteiger partial charge on any atom is -0.497 e. The number of aryl methyl sites for hydroxylation is 1. The van der Waals surface area contributed by atoms with E-state index in [0.29, 0.717) is 25.8 Å². The number of pyridine rings is 1. The molecular weight excluding hydrogens is 374 g/mol. The van der Waals surface area contributed by atoms with Crippen molar-refractivity contribution in [3.05, 3.63) is 59.4 Å². The molecule has 0 saturated heterocycles. The summed E-state index contributed by atoms with van der Waals surface area (Å²) in [6.07, 6.45) is 5.26. The summed E-state index contributed by atoms with van der Waals surface area (Å²) in [4.78, 5) is 20.8. The molecule has 0 aliphatic heterocycles. The third kappa shape index (κ3) is 5.29. The fourth-order valence-electron chi connectivity index (χ4n) is 2.77. The number of methoxy groups -OCH3 is 2. The summed E-state index contributed by atoms with van der Waals surface area (Å²) in [5.41, 5.74) is 2.96. The minimum absolute atomic E-state index is 0.0170. The van der Waals surface area contributed by atoms with E-state index in [1.807, 2.05) is 35.7 Å². The summed E-state index contributed by atoms with van der Waals surface area (Å²) >= 11 is 1.57. The molecule has 2 heterocycles. The van der Waals surface area contributed by atoms with E-state index < -0.39 is 0 Å². The first-order valence-corrected chi connectivity index (χ1v) is 9.90. The molecule has 3 rings (SSSR count). The number of carbonyl (C=O) groups is 1. The molecule has 0 fully saturated rings. The van der Waals surface area contributed by atoms with Crippen molar-refractivity contribution < 1.29 is 14.3 Å². The molecule has 1 N–H and O–H groups in total. The minimum atomic E-state index is 0.0170. The topological polar surface area (TPSA) is 73.3 Å². The summed E-state index contributed by atoms with van der Waals surface area (Å²) in [5.74, 6) is 1.53. The maximum Gasteiger partial charge on any atom is 0.220 e. The van der Waals surface area contributed by atoms with Gasteiger partial charge in [-0.3, -0.25) is 9.78 Å². The fraction of sp³-hybridized carbons (Fsp3) is 0.286. The monoisotopic (exact) mass is 397 g/mol. The van der Waals surface area contributed by atoms with Gasteiger partial charge in [-0.15, -0.1) is 11.3 Å². The van der Waals surface area contributed by atoms with Crippen molar-refractivity contribution in [1.29, 1.82) is 0 Å². The van der Waals surface area contributed by atoms with E-state index in [0.717, 1.165) is 33.3 Å². The molecule has 1 aromatic carbocycles. The quantitative estimate of drug-likeness (QED) is 0.598. The average molecular weight is 398 g/mol. The molecule has 0 bridgehead atoms. The zero-order valence-corrected chi connectivity index (χ0v) is 16.8. The van der Waals surface area contributed by atoms with E-state index in [1.54, 1.807) is 38.0 Å². The average Bonchev–Trinajstić information content (AvgIpc) is 3.22. The van der Waals surface area contributed by atoms with Crippen molar-refractivity contribution in [2.75, 3.05) is 20.8 Å². The Balaban J connectivity index is 1.45. The first kappa shape index (κ1) is 19.8. The molecule has 0 unspecified atom stereocenters. The number of nitrogens with zero attached hydrogens (tertiary/aromatic N) is 2. The number of thiazole rings is 1. The highest BCUT2D eigenvalue weighted by atomic mass is 32.1. The van der Waals surface area contributed by atoms with Gasteiger partial charge in [0.1, 0.15) is 16.5 Å². The maximum atomic E-state index is 12.1. The number of benzene rings is 1. The number of hydrogen-bond acceptors (Lipinski definition) is 6. The third-order valence-electron chi connectivity index (χ3n) is 4.28. The lowest BCUT2D eigenvalue weighted by Gasteiger charge is -2.11. The first-order chi connectivity index (χ1) is 13.7. The number of hydrogen-bond donors (Lipinski definition) is 1. The van der Waals surface area contributed by atoms with E-state index in [-0.39, 0.29) is 5.91 Å². The summed E-state index contributed by atoms with van der Waals surface area (Å²) in [7, 11) is 3.25. The van der Waals surface area contributed by atoms with Crippen LogP contribution in [0.2, 0.25) is 0 Å². The largest absolute Gasteiger partial charge is 0.497 e. The van der Waals surface area contributed by atoms with Crippen LogP contribution < -0.4 is 14.8 Å². The Morgan fingerprint density at radius 1 is 1.18 bits per heavy atom. The van der Waals surface area contributed by atoms with Crippen LogP contribution in [0.4, 0.5) is 0 Å². The van der Waals surface area contributed by atoms with E-state index >= 15 is 0 Å². The van der Waals surface area contributed by atoms with Gasteiger partial charge in [-0.2, -0.15) is 0 Å². The maximum absolute atomic E-state index is 12.1. The molecule has 1 amide bonds. The molecule has 7 heteroatoms. The molecule has 6 nitrogen and oxygen atoms in total. The first-order valence-electron chi connectivity index (χ1n) is 9.02. The van der Waals surface area contributed by atoms with Crippen LogP contribution in [0.15, 0.2) is 48.1 Å². The van der Waals surface area contributed by atoms with Crippen molar-refractivity contribution in [3.8, 4) is 22.1 Å². The Kier molecular flexibility index (Phi) is 6.97. The second-order valence-electron chi connectivity index (χ2n) is 6.16. The van der Waals surface area contributed by atoms with Crippen LogP contribution in [0.5, 0.6) is 11.5 Å². The van der Waals surface area contributed by atoms with Gasteiger partial charge in [0.2, 0.25) is 5.91 Å². The molecule has 146 valence electrons. The van der Waals surface area contributed by atoms with Crippen LogP contribution in [0, 0.1) is 0 Å². The van der Waals surface area contributed by atoms with Gasteiger partial charge < -0.3 is 14.8 Å². The summed E-state index contributed by atoms with van der Waals surface area (Å²) in [6.45, 7) is 0.555. The Bertz CT molecular complexity index is 912. The van der Waals surface area contributed by atoms with Crippen molar-refractivity contribution >= 4 is 17.2 Å². The zero-order valence-electron chi connectivity index (χ0n) is 16.0. The second kappa shape index (κ2) is 9.85. The van der Waals surface area contributed by atoms with Crippen LogP contribution in [-0.4, -0.2) is 36.6 Å². The Morgan fingerprint density at radius 3 is 2.82 bits per heavy atom. The number of rotatable bonds is 9. The van der Waals surface area contributed by atoms with Gasteiger partial charge in [0, 0.05) is 42.4 Å². The summed E-state index contributed by atoms with van der Waals surface area (Å²) in [6, 6.07) is 9.57. The van der Waals surface area contributed by atoms with Crippen molar-refractivity contribution in [2.24, 2.45) is 0 Å². The molecule has 2 aromatic heterocycles. The van der Waals surface area contributed by atoms with E-state index in [1.165, 1.54) is 0 Å². The van der Waals surface area contributed by atoms with E-state index in [4.69, 9.17) is 9.47 Å². The number of aromatic nitrogens is 2. The van der Waals surface area contributed by atoms with Crippen LogP contribution in [0.25, 0.3) is 10.6 Å². The van der Waals surface area contributed by atoms with Crippen molar-refractivity contribution in [2.45, 2.75) is 19.3 Å². The lowest BCUT2D eigenvalue weighted by atomic mass is 10.1. The van der Waals surface area contributed by atoms with E-state index in [9.17, 15) is 4.79 Å². The highest BCUT2D eigenvalue weighted by Crippen LogP contribution is 2.25. The molecule has 0 saturated carbocycles. The summed E-state index contributed by atoms with van der Waals surface area (Å²) in [5, 5.41) is 5.88. The molecule has 0 atom stereocenters. The lowest BCUT2D eigenvalue weighted by molar-refractivity contribution is -0.121. The Labute approximate surface area is 168 Å². The van der Waals surface area contributed by atoms with Gasteiger partial charge in [0.05, 0.1) is 19.9 Å². The molecule has 0 spiro atoms. The van der Waals surface area contributed by atoms with Crippen LogP contribution in [0.3, 0.4) is 0 Å². The number of carbonyl (C=O) groups excluding carboxylic acids is 1. The van der Waals surface area contributed by atoms with Gasteiger partial charge >= 0.3 is 0 Å². The molecule has 28 heavy (non-hydrogen) atoms. The molecule has 0 aliphatic carbocycles. The highest BCUT2D eigenvalue weighted by Gasteiger charge is 2.09. The molecule has 0 aliphatic rings. The van der Waals surface area contributed by atoms with Crippen LogP contribution >= 0.6 is 11.3 Å². The highest BCUT2D eigenvalue weighted by molar-refractivity contribution is 7.13. The second-order valence-corrected chi connectivity index (χ2v) is 7.02. The van der Waals surface area contributed by atoms with E-state index in [2.05, 4.69) is 15.3 Å². The number of ether oxygens (including phenoxy) is 2. The van der Waals surface area contributed by atoms with Gasteiger partial charge in [0.25, 0.3) is 0 Å². The predicted octanol–water partition coefficient (Wildman–Crippen LogP) is 3.51. The third-order valence-corrected chi connectivity index (χ3v) is 5.22. The van der Waals surface area contributed by atoms with Crippen LogP contribution in [0.1, 0.15) is 17.7 Å². The predicted molar refractivity (Wildman–Crippen MR) is 110 cm³/mol. The van der Waals surface area contributed by atoms with Crippen molar-refractivity contribution in [3.63, 3.8) is 0 Å². The fourth-order valence-corrected chi connectivity index (χ4v) is 3.61. The molecule has 3 aromatic rings. The Hall–Kier alpha value is -2.93. The van der Waals surface area contributed by atoms with Gasteiger partial charge in [-0.1, -0.05) is 6.07 Å². The normalized spacial score (nSPS) is 10.5. The molecular formula is C21H23N3O3S. The summed E-state index contributed by atoms with van der Waals surface area (Å²) < 4.78 is 10.6. The standard InChI is InChI=1S/C21H23N3O3S/c1-26-18-7-5-15(19(12-18)27-2)9-11-23-20(25)8-6-17-14-28-21(24-17)16-4-3-10-22-13-16/h3-5,7,10,12-14H,6,8-9,11H2,1-2H3,(H,23,25). The lowest BCUT2D eigenvalue weighted by Crippen LogP contribution is -2.26.